The predicted molar refractivity (Wildman–Crippen MR) is 128 cm³/mol. The number of ether oxygens (including phenoxy) is 1. The lowest BCUT2D eigenvalue weighted by molar-refractivity contribution is -0.271. The molecule has 1 fully saturated rings. The van der Waals surface area contributed by atoms with E-state index in [1.807, 2.05) is 0 Å². The molecule has 3 aromatic rings. The predicted octanol–water partition coefficient (Wildman–Crippen LogP) is 3.55. The van der Waals surface area contributed by atoms with Crippen LogP contribution in [0.2, 0.25) is 0 Å². The molecule has 1 aliphatic heterocycles. The summed E-state index contributed by atoms with van der Waals surface area (Å²) in [5.41, 5.74) is -3.11. The van der Waals surface area contributed by atoms with Crippen LogP contribution in [0.3, 0.4) is 0 Å². The topological polar surface area (TPSA) is 102 Å². The quantitative estimate of drug-likeness (QED) is 0.389. The first-order valence-corrected chi connectivity index (χ1v) is 12.1. The number of esters is 1. The molecule has 0 spiro atoms. The zero-order valence-corrected chi connectivity index (χ0v) is 20.3. The van der Waals surface area contributed by atoms with Gasteiger partial charge in [0.2, 0.25) is 11.8 Å². The van der Waals surface area contributed by atoms with Gasteiger partial charge in [0.25, 0.3) is 5.60 Å². The first kappa shape index (κ1) is 25.7. The zero-order valence-electron chi connectivity index (χ0n) is 20.3. The summed E-state index contributed by atoms with van der Waals surface area (Å²) >= 11 is 0. The molecule has 2 aromatic carbocycles. The Kier molecular flexibility index (Phi) is 6.34. The van der Waals surface area contributed by atoms with Crippen molar-refractivity contribution in [1.82, 2.24) is 9.55 Å². The maximum absolute atomic E-state index is 14.4. The summed E-state index contributed by atoms with van der Waals surface area (Å²) in [6, 6.07) is 17.0. The maximum atomic E-state index is 14.4. The van der Waals surface area contributed by atoms with Gasteiger partial charge in [0.1, 0.15) is 0 Å². The Labute approximate surface area is 215 Å². The van der Waals surface area contributed by atoms with Crippen LogP contribution in [-0.2, 0) is 25.7 Å². The zero-order chi connectivity index (χ0) is 27.2. The Balaban J connectivity index is 1.68. The van der Waals surface area contributed by atoms with Crippen molar-refractivity contribution in [2.24, 2.45) is 5.92 Å². The van der Waals surface area contributed by atoms with Crippen molar-refractivity contribution in [2.45, 2.75) is 43.5 Å². The molecule has 2 amide bonds. The Morgan fingerprint density at radius 3 is 2.29 bits per heavy atom. The number of halogens is 3. The van der Waals surface area contributed by atoms with E-state index in [-0.39, 0.29) is 23.6 Å². The smallest absolute Gasteiger partial charge is 0.428 e. The second kappa shape index (κ2) is 9.39. The first-order chi connectivity index (χ1) is 18.1. The number of carbonyl (C=O) groups excluding carboxylic acids is 3. The molecule has 1 N–H and O–H groups in total. The van der Waals surface area contributed by atoms with Crippen molar-refractivity contribution in [3.63, 3.8) is 0 Å². The van der Waals surface area contributed by atoms with Crippen molar-refractivity contribution in [3.05, 3.63) is 83.9 Å². The molecule has 8 nitrogen and oxygen atoms in total. The third-order valence-corrected chi connectivity index (χ3v) is 7.18. The van der Waals surface area contributed by atoms with Gasteiger partial charge in [-0.15, -0.1) is 0 Å². The van der Waals surface area contributed by atoms with Gasteiger partial charge in [-0.25, -0.2) is 14.7 Å². The molecule has 0 unspecified atom stereocenters. The number of carbonyl (C=O) groups is 3. The first-order valence-electron chi connectivity index (χ1n) is 12.1. The number of alkyl halides is 3. The molecule has 2 aliphatic rings. The SMILES string of the molecule is CCOC(=O)[C@@](O)([C@H]1C[C@@H]2C(=O)N(c3ccccc3)C(=O)[C@@H]2c2c1ncn2Cc1ccccc1)C(F)(F)F. The Morgan fingerprint density at radius 1 is 1.05 bits per heavy atom. The van der Waals surface area contributed by atoms with Crippen LogP contribution in [0.5, 0.6) is 0 Å². The molecule has 1 aliphatic carbocycles. The maximum Gasteiger partial charge on any atom is 0.428 e. The molecule has 0 saturated carbocycles. The molecule has 0 radical (unpaired) electrons. The van der Waals surface area contributed by atoms with Crippen LogP contribution in [0.15, 0.2) is 67.0 Å². The number of hydrogen-bond acceptors (Lipinski definition) is 6. The van der Waals surface area contributed by atoms with Crippen LogP contribution in [0.4, 0.5) is 18.9 Å². The fraction of sp³-hybridized carbons (Fsp3) is 0.333. The van der Waals surface area contributed by atoms with Gasteiger partial charge in [-0.1, -0.05) is 48.5 Å². The highest BCUT2D eigenvalue weighted by molar-refractivity contribution is 6.24. The van der Waals surface area contributed by atoms with Gasteiger partial charge in [-0.2, -0.15) is 13.2 Å². The van der Waals surface area contributed by atoms with Gasteiger partial charge < -0.3 is 14.4 Å². The van der Waals surface area contributed by atoms with Crippen molar-refractivity contribution in [3.8, 4) is 0 Å². The molecule has 4 atom stereocenters. The van der Waals surface area contributed by atoms with E-state index in [0.29, 0.717) is 0 Å². The number of fused-ring (bicyclic) bond motifs is 3. The lowest BCUT2D eigenvalue weighted by Gasteiger charge is -2.39. The molecule has 1 saturated heterocycles. The van der Waals surface area contributed by atoms with E-state index in [0.717, 1.165) is 10.5 Å². The lowest BCUT2D eigenvalue weighted by atomic mass is 9.69. The number of imide groups is 1. The number of aromatic nitrogens is 2. The third kappa shape index (κ3) is 3.89. The normalized spacial score (nSPS) is 22.6. The van der Waals surface area contributed by atoms with Gasteiger partial charge in [0.15, 0.2) is 0 Å². The van der Waals surface area contributed by atoms with Crippen molar-refractivity contribution in [2.75, 3.05) is 11.5 Å². The van der Waals surface area contributed by atoms with E-state index in [2.05, 4.69) is 9.72 Å². The van der Waals surface area contributed by atoms with E-state index < -0.39 is 60.3 Å². The minimum absolute atomic E-state index is 0.0684. The number of para-hydroxylation sites is 1. The number of imidazole rings is 1. The van der Waals surface area contributed by atoms with Crippen molar-refractivity contribution < 1.29 is 37.4 Å². The van der Waals surface area contributed by atoms with E-state index in [9.17, 15) is 32.7 Å². The molecular formula is C27H24F3N3O5. The van der Waals surface area contributed by atoms with Crippen molar-refractivity contribution >= 4 is 23.5 Å². The van der Waals surface area contributed by atoms with Gasteiger partial charge in [-0.3, -0.25) is 9.59 Å². The van der Waals surface area contributed by atoms with Gasteiger partial charge in [-0.05, 0) is 31.0 Å². The fourth-order valence-electron chi connectivity index (χ4n) is 5.45. The summed E-state index contributed by atoms with van der Waals surface area (Å²) in [7, 11) is 0. The number of benzene rings is 2. The summed E-state index contributed by atoms with van der Waals surface area (Å²) in [5.74, 6) is -7.55. The average molecular weight is 527 g/mol. The van der Waals surface area contributed by atoms with Crippen LogP contribution in [0.1, 0.15) is 42.1 Å². The fourth-order valence-corrected chi connectivity index (χ4v) is 5.45. The van der Waals surface area contributed by atoms with E-state index >= 15 is 0 Å². The highest BCUT2D eigenvalue weighted by Gasteiger charge is 2.69. The number of nitrogens with zero attached hydrogens (tertiary/aromatic N) is 3. The van der Waals surface area contributed by atoms with Crippen LogP contribution in [-0.4, -0.2) is 50.8 Å². The number of anilines is 1. The van der Waals surface area contributed by atoms with Crippen molar-refractivity contribution in [1.29, 1.82) is 0 Å². The number of hydrogen-bond donors (Lipinski definition) is 1. The Bertz CT molecular complexity index is 1380. The van der Waals surface area contributed by atoms with Crippen LogP contribution in [0, 0.1) is 5.92 Å². The lowest BCUT2D eigenvalue weighted by Crippen LogP contribution is -2.58. The number of rotatable bonds is 6. The molecule has 0 bridgehead atoms. The summed E-state index contributed by atoms with van der Waals surface area (Å²) in [4.78, 5) is 45.1. The summed E-state index contributed by atoms with van der Waals surface area (Å²) < 4.78 is 49.4. The van der Waals surface area contributed by atoms with Crippen LogP contribution < -0.4 is 4.90 Å². The largest absolute Gasteiger partial charge is 0.464 e. The van der Waals surface area contributed by atoms with Crippen LogP contribution >= 0.6 is 0 Å². The van der Waals surface area contributed by atoms with Gasteiger partial charge in [0.05, 0.1) is 47.8 Å². The minimum atomic E-state index is -5.44. The highest BCUT2D eigenvalue weighted by atomic mass is 19.4. The minimum Gasteiger partial charge on any atom is -0.464 e. The molecule has 38 heavy (non-hydrogen) atoms. The van der Waals surface area contributed by atoms with E-state index in [1.54, 1.807) is 60.7 Å². The molecule has 5 rings (SSSR count). The van der Waals surface area contributed by atoms with Gasteiger partial charge in [0, 0.05) is 6.54 Å². The third-order valence-electron chi connectivity index (χ3n) is 7.18. The summed E-state index contributed by atoms with van der Waals surface area (Å²) in [6.07, 6.45) is -4.79. The van der Waals surface area contributed by atoms with Crippen LogP contribution in [0.25, 0.3) is 0 Å². The molecule has 11 heteroatoms. The molecule has 1 aromatic heterocycles. The Hall–Kier alpha value is -3.99. The standard InChI is InChI=1S/C27H24F3N3O5/c1-2-38-25(36)26(37,27(28,29)30)19-13-18-20(24(35)33(23(18)34)17-11-7-4-8-12-17)22-21(19)31-15-32(22)14-16-9-5-3-6-10-16/h3-12,15,18-20,37H,2,13-14H2,1H3/t18-,19-,20-,26-/m0/s1. The number of aliphatic hydroxyl groups is 1. The summed E-state index contributed by atoms with van der Waals surface area (Å²) in [6.45, 7) is 1.07. The highest BCUT2D eigenvalue weighted by Crippen LogP contribution is 2.54. The average Bonchev–Trinajstić information content (AvgIpc) is 3.41. The second-order valence-corrected chi connectivity index (χ2v) is 9.33. The second-order valence-electron chi connectivity index (χ2n) is 9.33. The van der Waals surface area contributed by atoms with E-state index in [4.69, 9.17) is 0 Å². The van der Waals surface area contributed by atoms with E-state index in [1.165, 1.54) is 17.8 Å². The Morgan fingerprint density at radius 2 is 1.68 bits per heavy atom. The van der Waals surface area contributed by atoms with Gasteiger partial charge >= 0.3 is 12.1 Å². The molecule has 2 heterocycles. The molecular weight excluding hydrogens is 503 g/mol. The summed E-state index contributed by atoms with van der Waals surface area (Å²) in [5, 5.41) is 11.0. The molecule has 198 valence electrons. The number of amides is 2. The monoisotopic (exact) mass is 527 g/mol.